The maximum Gasteiger partial charge on any atom is 0.335 e. The molecule has 1 aromatic rings. The van der Waals surface area contributed by atoms with Crippen molar-refractivity contribution in [1.29, 1.82) is 0 Å². The summed E-state index contributed by atoms with van der Waals surface area (Å²) in [6.45, 7) is 3.11. The van der Waals surface area contributed by atoms with E-state index in [9.17, 15) is 9.59 Å². The van der Waals surface area contributed by atoms with Crippen molar-refractivity contribution in [1.82, 2.24) is 10.2 Å². The number of amides is 2. The minimum Gasteiger partial charge on any atom is -0.478 e. The quantitative estimate of drug-likeness (QED) is 0.883. The maximum atomic E-state index is 12.1. The molecule has 0 bridgehead atoms. The van der Waals surface area contributed by atoms with Crippen LogP contribution in [0.3, 0.4) is 0 Å². The van der Waals surface area contributed by atoms with Crippen LogP contribution in [0.15, 0.2) is 18.2 Å². The minimum absolute atomic E-state index is 0.102. The summed E-state index contributed by atoms with van der Waals surface area (Å²) in [7, 11) is 0. The Kier molecular flexibility index (Phi) is 3.79. The Morgan fingerprint density at radius 3 is 2.86 bits per heavy atom. The van der Waals surface area contributed by atoms with E-state index in [2.05, 4.69) is 5.32 Å². The topological polar surface area (TPSA) is 78.9 Å². The Balaban J connectivity index is 1.58. The molecule has 2 N–H and O–H groups in total. The van der Waals surface area contributed by atoms with Gasteiger partial charge in [0.25, 0.3) is 0 Å². The van der Waals surface area contributed by atoms with Crippen LogP contribution in [0, 0.1) is 5.92 Å². The molecular weight excluding hydrogens is 272 g/mol. The zero-order chi connectivity index (χ0) is 14.8. The molecule has 1 saturated heterocycles. The predicted octanol–water partition coefficient (Wildman–Crippen LogP) is 1.45. The standard InChI is InChI=1S/C15H18N2O4/c18-14(19)11-1-2-12-7-17(8-13(12)5-11)15(20)16-6-10-3-4-21-9-10/h1-2,5,10H,3-4,6-9H2,(H,16,20)(H,18,19). The highest BCUT2D eigenvalue weighted by molar-refractivity contribution is 5.88. The molecule has 2 amide bonds. The van der Waals surface area contributed by atoms with Crippen LogP contribution in [-0.4, -0.2) is 41.8 Å². The highest BCUT2D eigenvalue weighted by atomic mass is 16.5. The van der Waals surface area contributed by atoms with Crippen LogP contribution in [-0.2, 0) is 17.8 Å². The third-order valence-electron chi connectivity index (χ3n) is 4.03. The van der Waals surface area contributed by atoms with Gasteiger partial charge in [0.15, 0.2) is 0 Å². The number of urea groups is 1. The maximum absolute atomic E-state index is 12.1. The fraction of sp³-hybridized carbons (Fsp3) is 0.467. The SMILES string of the molecule is O=C(O)c1ccc2c(c1)CN(C(=O)NCC1CCOC1)C2. The van der Waals surface area contributed by atoms with Gasteiger partial charge in [0.05, 0.1) is 12.2 Å². The Morgan fingerprint density at radius 1 is 1.33 bits per heavy atom. The first kappa shape index (κ1) is 13.9. The number of carbonyl (C=O) groups is 2. The number of hydrogen-bond donors (Lipinski definition) is 2. The molecule has 3 rings (SSSR count). The molecule has 6 heteroatoms. The number of carboxylic acid groups (broad SMARTS) is 1. The molecule has 2 aliphatic heterocycles. The average molecular weight is 290 g/mol. The van der Waals surface area contributed by atoms with Crippen LogP contribution in [0.4, 0.5) is 4.79 Å². The summed E-state index contributed by atoms with van der Waals surface area (Å²) in [6, 6.07) is 4.92. The molecule has 2 aliphatic rings. The Bertz CT molecular complexity index is 567. The molecule has 0 aromatic heterocycles. The van der Waals surface area contributed by atoms with Gasteiger partial charge in [0, 0.05) is 32.2 Å². The lowest BCUT2D eigenvalue weighted by Crippen LogP contribution is -2.39. The van der Waals surface area contributed by atoms with E-state index >= 15 is 0 Å². The zero-order valence-electron chi connectivity index (χ0n) is 11.7. The smallest absolute Gasteiger partial charge is 0.335 e. The summed E-state index contributed by atoms with van der Waals surface area (Å²) in [5, 5.41) is 11.9. The summed E-state index contributed by atoms with van der Waals surface area (Å²) >= 11 is 0. The molecule has 1 aromatic carbocycles. The van der Waals surface area contributed by atoms with E-state index in [1.54, 1.807) is 23.1 Å². The van der Waals surface area contributed by atoms with Crippen molar-refractivity contribution in [2.45, 2.75) is 19.5 Å². The number of rotatable bonds is 3. The van der Waals surface area contributed by atoms with Crippen LogP contribution in [0.5, 0.6) is 0 Å². The predicted molar refractivity (Wildman–Crippen MR) is 75.0 cm³/mol. The minimum atomic E-state index is -0.943. The number of nitrogens with one attached hydrogen (secondary N) is 1. The first-order chi connectivity index (χ1) is 10.1. The molecule has 6 nitrogen and oxygen atoms in total. The average Bonchev–Trinajstić information content (AvgIpc) is 3.12. The van der Waals surface area contributed by atoms with Gasteiger partial charge < -0.3 is 20.1 Å². The van der Waals surface area contributed by atoms with Gasteiger partial charge >= 0.3 is 12.0 Å². The zero-order valence-corrected chi connectivity index (χ0v) is 11.7. The highest BCUT2D eigenvalue weighted by Crippen LogP contribution is 2.24. The van der Waals surface area contributed by atoms with Gasteiger partial charge in [0.2, 0.25) is 0 Å². The van der Waals surface area contributed by atoms with Crippen molar-refractivity contribution >= 4 is 12.0 Å². The second kappa shape index (κ2) is 5.73. The second-order valence-corrected chi connectivity index (χ2v) is 5.56. The summed E-state index contributed by atoms with van der Waals surface area (Å²) in [5.41, 5.74) is 2.19. The first-order valence-electron chi connectivity index (χ1n) is 7.09. The number of aromatic carboxylic acids is 1. The van der Waals surface area contributed by atoms with Gasteiger partial charge in [-0.15, -0.1) is 0 Å². The third kappa shape index (κ3) is 3.00. The fourth-order valence-corrected chi connectivity index (χ4v) is 2.76. The summed E-state index contributed by atoms with van der Waals surface area (Å²) in [6.07, 6.45) is 0.989. The van der Waals surface area contributed by atoms with Gasteiger partial charge in [-0.3, -0.25) is 0 Å². The molecule has 0 saturated carbocycles. The van der Waals surface area contributed by atoms with Crippen LogP contribution in [0.2, 0.25) is 0 Å². The number of fused-ring (bicyclic) bond motifs is 1. The van der Waals surface area contributed by atoms with E-state index in [0.717, 1.165) is 24.2 Å². The Labute approximate surface area is 122 Å². The lowest BCUT2D eigenvalue weighted by atomic mass is 10.1. The monoisotopic (exact) mass is 290 g/mol. The highest BCUT2D eigenvalue weighted by Gasteiger charge is 2.25. The van der Waals surface area contributed by atoms with Crippen molar-refractivity contribution in [2.24, 2.45) is 5.92 Å². The van der Waals surface area contributed by atoms with Crippen molar-refractivity contribution < 1.29 is 19.4 Å². The van der Waals surface area contributed by atoms with Crippen LogP contribution in [0.1, 0.15) is 27.9 Å². The summed E-state index contributed by atoms with van der Waals surface area (Å²) in [4.78, 5) is 24.8. The number of carboxylic acids is 1. The van der Waals surface area contributed by atoms with Gasteiger partial charge in [-0.25, -0.2) is 9.59 Å². The first-order valence-corrected chi connectivity index (χ1v) is 7.09. The molecule has 0 radical (unpaired) electrons. The molecule has 0 spiro atoms. The fourth-order valence-electron chi connectivity index (χ4n) is 2.76. The Hall–Kier alpha value is -2.08. The van der Waals surface area contributed by atoms with Crippen LogP contribution in [0.25, 0.3) is 0 Å². The number of benzene rings is 1. The van der Waals surface area contributed by atoms with Crippen molar-refractivity contribution in [3.63, 3.8) is 0 Å². The van der Waals surface area contributed by atoms with E-state index in [-0.39, 0.29) is 11.6 Å². The largest absolute Gasteiger partial charge is 0.478 e. The molecule has 1 fully saturated rings. The second-order valence-electron chi connectivity index (χ2n) is 5.56. The van der Waals surface area contributed by atoms with Crippen molar-refractivity contribution in [3.8, 4) is 0 Å². The van der Waals surface area contributed by atoms with E-state index in [0.29, 0.717) is 32.2 Å². The van der Waals surface area contributed by atoms with Gasteiger partial charge in [-0.05, 0) is 29.7 Å². The molecular formula is C15H18N2O4. The van der Waals surface area contributed by atoms with Gasteiger partial charge in [-0.1, -0.05) is 6.07 Å². The van der Waals surface area contributed by atoms with Crippen LogP contribution < -0.4 is 5.32 Å². The normalized spacial score (nSPS) is 20.4. The number of hydrogen-bond acceptors (Lipinski definition) is 3. The van der Waals surface area contributed by atoms with E-state index in [1.807, 2.05) is 0 Å². The molecule has 2 heterocycles. The number of carbonyl (C=O) groups excluding carboxylic acids is 1. The summed E-state index contributed by atoms with van der Waals surface area (Å²) in [5.74, 6) is -0.542. The van der Waals surface area contributed by atoms with Crippen molar-refractivity contribution in [2.75, 3.05) is 19.8 Å². The number of ether oxygens (including phenoxy) is 1. The molecule has 21 heavy (non-hydrogen) atoms. The van der Waals surface area contributed by atoms with E-state index in [1.165, 1.54) is 0 Å². The lowest BCUT2D eigenvalue weighted by molar-refractivity contribution is 0.0696. The summed E-state index contributed by atoms with van der Waals surface area (Å²) < 4.78 is 5.28. The van der Waals surface area contributed by atoms with Crippen molar-refractivity contribution in [3.05, 3.63) is 34.9 Å². The third-order valence-corrected chi connectivity index (χ3v) is 4.03. The molecule has 1 atom stereocenters. The molecule has 0 aliphatic carbocycles. The van der Waals surface area contributed by atoms with E-state index in [4.69, 9.17) is 9.84 Å². The van der Waals surface area contributed by atoms with Crippen LogP contribution >= 0.6 is 0 Å². The number of nitrogens with zero attached hydrogens (tertiary/aromatic N) is 1. The molecule has 1 unspecified atom stereocenters. The van der Waals surface area contributed by atoms with Gasteiger partial charge in [0.1, 0.15) is 0 Å². The van der Waals surface area contributed by atoms with E-state index < -0.39 is 5.97 Å². The van der Waals surface area contributed by atoms with Gasteiger partial charge in [-0.2, -0.15) is 0 Å². The lowest BCUT2D eigenvalue weighted by Gasteiger charge is -2.17. The molecule has 112 valence electrons. The Morgan fingerprint density at radius 2 is 2.14 bits per heavy atom.